The van der Waals surface area contributed by atoms with Crippen LogP contribution in [0, 0.1) is 0 Å². The molecule has 1 aliphatic carbocycles. The molecule has 5 rings (SSSR count). The summed E-state index contributed by atoms with van der Waals surface area (Å²) >= 11 is 0. The van der Waals surface area contributed by atoms with E-state index < -0.39 is 18.1 Å². The largest absolute Gasteiger partial charge is 0.460 e. The number of fused-ring (bicyclic) bond motifs is 3. The van der Waals surface area contributed by atoms with E-state index in [1.165, 1.54) is 11.1 Å². The summed E-state index contributed by atoms with van der Waals surface area (Å²) in [6.45, 7) is 0.375. The van der Waals surface area contributed by atoms with Gasteiger partial charge in [0, 0.05) is 18.0 Å². The van der Waals surface area contributed by atoms with Crippen molar-refractivity contribution in [3.63, 3.8) is 0 Å². The third kappa shape index (κ3) is 5.55. The zero-order chi connectivity index (χ0) is 25.6. The van der Waals surface area contributed by atoms with Gasteiger partial charge < -0.3 is 15.2 Å². The number of nitrogens with one attached hydrogen (secondary N) is 1. The SMILES string of the molecule is NC(Cc1ccccc1NC(=O)OCC1c2ccccc2-c2ccccc21)C(=O)OCc1ccccc1. The number of carbonyl (C=O) groups is 2. The molecule has 0 heterocycles. The van der Waals surface area contributed by atoms with Gasteiger partial charge in [0.2, 0.25) is 0 Å². The normalized spacial score (nSPS) is 12.8. The predicted molar refractivity (Wildman–Crippen MR) is 143 cm³/mol. The molecule has 1 atom stereocenters. The molecule has 0 spiro atoms. The van der Waals surface area contributed by atoms with Gasteiger partial charge in [-0.1, -0.05) is 97.1 Å². The van der Waals surface area contributed by atoms with Crippen LogP contribution in [0.1, 0.15) is 28.2 Å². The Hall–Kier alpha value is -4.42. The number of carbonyl (C=O) groups excluding carboxylic acids is 2. The highest BCUT2D eigenvalue weighted by Gasteiger charge is 2.29. The number of ether oxygens (including phenoxy) is 2. The Morgan fingerprint density at radius 3 is 2.05 bits per heavy atom. The number of hydrogen-bond donors (Lipinski definition) is 2. The zero-order valence-electron chi connectivity index (χ0n) is 20.3. The van der Waals surface area contributed by atoms with Crippen LogP contribution in [-0.4, -0.2) is 24.7 Å². The predicted octanol–water partition coefficient (Wildman–Crippen LogP) is 5.66. The molecule has 4 aromatic carbocycles. The van der Waals surface area contributed by atoms with Gasteiger partial charge in [0.05, 0.1) is 0 Å². The minimum Gasteiger partial charge on any atom is -0.460 e. The maximum Gasteiger partial charge on any atom is 0.411 e. The van der Waals surface area contributed by atoms with Crippen molar-refractivity contribution in [1.82, 2.24) is 0 Å². The Morgan fingerprint density at radius 1 is 0.757 bits per heavy atom. The van der Waals surface area contributed by atoms with E-state index in [0.717, 1.165) is 22.3 Å². The van der Waals surface area contributed by atoms with Crippen LogP contribution in [0.2, 0.25) is 0 Å². The molecule has 0 saturated heterocycles. The van der Waals surface area contributed by atoms with Gasteiger partial charge in [-0.05, 0) is 39.4 Å². The molecule has 0 saturated carbocycles. The fourth-order valence-corrected chi connectivity index (χ4v) is 4.72. The van der Waals surface area contributed by atoms with E-state index >= 15 is 0 Å². The summed E-state index contributed by atoms with van der Waals surface area (Å²) in [5.41, 5.74) is 12.9. The number of amides is 1. The standard InChI is InChI=1S/C31H28N2O4/c32-28(30(34)36-19-21-10-2-1-3-11-21)18-22-12-4-9-17-29(22)33-31(35)37-20-27-25-15-7-5-13-23(25)24-14-6-8-16-26(24)27/h1-17,27-28H,18-20,32H2,(H,33,35). The van der Waals surface area contributed by atoms with Crippen molar-refractivity contribution in [2.75, 3.05) is 11.9 Å². The number of hydrogen-bond acceptors (Lipinski definition) is 5. The summed E-state index contributed by atoms with van der Waals surface area (Å²) in [5.74, 6) is -0.527. The zero-order valence-corrected chi connectivity index (χ0v) is 20.3. The molecular formula is C31H28N2O4. The first-order valence-electron chi connectivity index (χ1n) is 12.3. The maximum atomic E-state index is 12.8. The highest BCUT2D eigenvalue weighted by molar-refractivity contribution is 5.86. The first-order chi connectivity index (χ1) is 18.1. The highest BCUT2D eigenvalue weighted by Crippen LogP contribution is 2.44. The molecule has 6 heteroatoms. The molecule has 0 aliphatic heterocycles. The van der Waals surface area contributed by atoms with Gasteiger partial charge in [-0.2, -0.15) is 0 Å². The Kier molecular flexibility index (Phi) is 7.28. The Bertz CT molecular complexity index is 1360. The first-order valence-corrected chi connectivity index (χ1v) is 12.3. The third-order valence-corrected chi connectivity index (χ3v) is 6.56. The van der Waals surface area contributed by atoms with Crippen molar-refractivity contribution in [3.8, 4) is 11.1 Å². The van der Waals surface area contributed by atoms with Crippen molar-refractivity contribution in [2.45, 2.75) is 25.0 Å². The number of nitrogens with two attached hydrogens (primary N) is 1. The number of esters is 1. The molecule has 0 radical (unpaired) electrons. The van der Waals surface area contributed by atoms with Crippen LogP contribution in [0.25, 0.3) is 11.1 Å². The van der Waals surface area contributed by atoms with Crippen LogP contribution in [0.5, 0.6) is 0 Å². The van der Waals surface area contributed by atoms with Gasteiger partial charge in [0.15, 0.2) is 0 Å². The van der Waals surface area contributed by atoms with E-state index in [9.17, 15) is 9.59 Å². The van der Waals surface area contributed by atoms with Gasteiger partial charge in [-0.25, -0.2) is 4.79 Å². The third-order valence-electron chi connectivity index (χ3n) is 6.56. The molecule has 0 bridgehead atoms. The lowest BCUT2D eigenvalue weighted by Crippen LogP contribution is -2.34. The molecule has 186 valence electrons. The van der Waals surface area contributed by atoms with Crippen LogP contribution in [0.3, 0.4) is 0 Å². The summed E-state index contributed by atoms with van der Waals surface area (Å²) in [4.78, 5) is 25.2. The molecule has 0 aromatic heterocycles. The lowest BCUT2D eigenvalue weighted by molar-refractivity contribution is -0.146. The van der Waals surface area contributed by atoms with Crippen molar-refractivity contribution >= 4 is 17.7 Å². The van der Waals surface area contributed by atoms with E-state index in [4.69, 9.17) is 15.2 Å². The Labute approximate surface area is 216 Å². The average Bonchev–Trinajstić information content (AvgIpc) is 3.26. The summed E-state index contributed by atoms with van der Waals surface area (Å²) in [7, 11) is 0. The molecule has 4 aromatic rings. The summed E-state index contributed by atoms with van der Waals surface area (Å²) in [5, 5.41) is 2.82. The molecule has 1 amide bonds. The maximum absolute atomic E-state index is 12.8. The number of benzene rings is 4. The monoisotopic (exact) mass is 492 g/mol. The average molecular weight is 493 g/mol. The van der Waals surface area contributed by atoms with Gasteiger partial charge in [-0.3, -0.25) is 10.1 Å². The van der Waals surface area contributed by atoms with Gasteiger partial charge in [0.25, 0.3) is 0 Å². The first kappa shape index (κ1) is 24.3. The number of rotatable bonds is 8. The second-order valence-corrected chi connectivity index (χ2v) is 9.01. The topological polar surface area (TPSA) is 90.6 Å². The molecule has 37 heavy (non-hydrogen) atoms. The van der Waals surface area contributed by atoms with Gasteiger partial charge in [-0.15, -0.1) is 0 Å². The van der Waals surface area contributed by atoms with E-state index in [2.05, 4.69) is 29.6 Å². The fourth-order valence-electron chi connectivity index (χ4n) is 4.72. The lowest BCUT2D eigenvalue weighted by Gasteiger charge is -2.17. The molecule has 3 N–H and O–H groups in total. The fraction of sp³-hybridized carbons (Fsp3) is 0.161. The van der Waals surface area contributed by atoms with E-state index in [-0.39, 0.29) is 25.6 Å². The summed E-state index contributed by atoms with van der Waals surface area (Å²) in [6, 6.07) is 32.2. The van der Waals surface area contributed by atoms with Gasteiger partial charge >= 0.3 is 12.1 Å². The van der Waals surface area contributed by atoms with E-state index in [0.29, 0.717) is 5.69 Å². The lowest BCUT2D eigenvalue weighted by atomic mass is 9.98. The van der Waals surface area contributed by atoms with E-state index in [1.54, 1.807) is 6.07 Å². The van der Waals surface area contributed by atoms with Crippen molar-refractivity contribution < 1.29 is 19.1 Å². The minimum atomic E-state index is -0.867. The Morgan fingerprint density at radius 2 is 1.35 bits per heavy atom. The second-order valence-electron chi connectivity index (χ2n) is 9.01. The molecule has 1 aliphatic rings. The molecule has 0 fully saturated rings. The highest BCUT2D eigenvalue weighted by atomic mass is 16.5. The van der Waals surface area contributed by atoms with Crippen LogP contribution >= 0.6 is 0 Å². The summed E-state index contributed by atoms with van der Waals surface area (Å²) < 4.78 is 11.0. The molecule has 1 unspecified atom stereocenters. The van der Waals surface area contributed by atoms with Crippen LogP contribution in [0.4, 0.5) is 10.5 Å². The molecular weight excluding hydrogens is 464 g/mol. The molecule has 6 nitrogen and oxygen atoms in total. The van der Waals surface area contributed by atoms with Crippen molar-refractivity contribution in [3.05, 3.63) is 125 Å². The number of anilines is 1. The smallest absolute Gasteiger partial charge is 0.411 e. The van der Waals surface area contributed by atoms with Crippen LogP contribution < -0.4 is 11.1 Å². The quantitative estimate of drug-likeness (QED) is 0.310. The second kappa shape index (κ2) is 11.1. The van der Waals surface area contributed by atoms with Crippen molar-refractivity contribution in [2.24, 2.45) is 5.73 Å². The summed E-state index contributed by atoms with van der Waals surface area (Å²) in [6.07, 6.45) is -0.345. The van der Waals surface area contributed by atoms with Crippen LogP contribution in [0.15, 0.2) is 103 Å². The van der Waals surface area contributed by atoms with Gasteiger partial charge in [0.1, 0.15) is 19.3 Å². The Balaban J connectivity index is 1.20. The van der Waals surface area contributed by atoms with Crippen LogP contribution in [-0.2, 0) is 27.3 Å². The van der Waals surface area contributed by atoms with Crippen molar-refractivity contribution in [1.29, 1.82) is 0 Å². The number of para-hydroxylation sites is 1. The minimum absolute atomic E-state index is 0.0267. The van der Waals surface area contributed by atoms with E-state index in [1.807, 2.05) is 72.8 Å².